The Morgan fingerprint density at radius 3 is 2.88 bits per heavy atom. The first-order chi connectivity index (χ1) is 7.75. The molecular weight excluding hydrogens is 209 g/mol. The number of halogens is 1. The van der Waals surface area contributed by atoms with Gasteiger partial charge in [-0.1, -0.05) is 0 Å². The number of pyridine rings is 1. The van der Waals surface area contributed by atoms with Gasteiger partial charge in [-0.3, -0.25) is 0 Å². The average molecular weight is 221 g/mol. The van der Waals surface area contributed by atoms with Crippen molar-refractivity contribution in [2.24, 2.45) is 0 Å². The van der Waals surface area contributed by atoms with E-state index in [-0.39, 0.29) is 0 Å². The van der Waals surface area contributed by atoms with Gasteiger partial charge in [0, 0.05) is 12.4 Å². The first-order valence-corrected chi connectivity index (χ1v) is 4.98. The maximum absolute atomic E-state index is 12.5. The van der Waals surface area contributed by atoms with Crippen molar-refractivity contribution in [1.29, 1.82) is 0 Å². The first kappa shape index (κ1) is 10.6. The minimum atomic E-state index is -0.502. The molecule has 0 unspecified atom stereocenters. The van der Waals surface area contributed by atoms with Crippen molar-refractivity contribution in [2.75, 3.05) is 6.61 Å². The Kier molecular flexibility index (Phi) is 3.14. The van der Waals surface area contributed by atoms with Crippen molar-refractivity contribution < 1.29 is 9.13 Å². The van der Waals surface area contributed by atoms with Crippen molar-refractivity contribution in [3.63, 3.8) is 0 Å². The van der Waals surface area contributed by atoms with Crippen LogP contribution in [0, 0.1) is 12.9 Å². The minimum absolute atomic E-state index is 0.502. The van der Waals surface area contributed by atoms with E-state index in [0.29, 0.717) is 18.9 Å². The molecule has 0 bridgehead atoms. The molecule has 0 aromatic carbocycles. The van der Waals surface area contributed by atoms with E-state index >= 15 is 0 Å². The fourth-order valence-electron chi connectivity index (χ4n) is 1.35. The SMILES string of the molecule is Cc1nccn1CCOc1ccc(F)nc1. The van der Waals surface area contributed by atoms with Crippen LogP contribution < -0.4 is 4.74 Å². The minimum Gasteiger partial charge on any atom is -0.490 e. The van der Waals surface area contributed by atoms with E-state index in [1.54, 1.807) is 12.3 Å². The standard InChI is InChI=1S/C11H12FN3O/c1-9-13-4-5-15(9)6-7-16-10-2-3-11(12)14-8-10/h2-5,8H,6-7H2,1H3. The van der Waals surface area contributed by atoms with Crippen LogP contribution >= 0.6 is 0 Å². The molecule has 0 aliphatic heterocycles. The lowest BCUT2D eigenvalue weighted by Gasteiger charge is -2.07. The zero-order valence-electron chi connectivity index (χ0n) is 8.93. The molecule has 2 aromatic heterocycles. The number of nitrogens with zero attached hydrogens (tertiary/aromatic N) is 3. The van der Waals surface area contributed by atoms with Crippen LogP contribution in [-0.4, -0.2) is 21.1 Å². The number of imidazole rings is 1. The molecule has 0 radical (unpaired) electrons. The summed E-state index contributed by atoms with van der Waals surface area (Å²) in [5.74, 6) is 1.01. The molecule has 5 heteroatoms. The van der Waals surface area contributed by atoms with E-state index in [2.05, 4.69) is 9.97 Å². The molecule has 0 aliphatic rings. The van der Waals surface area contributed by atoms with Crippen LogP contribution in [0.3, 0.4) is 0 Å². The van der Waals surface area contributed by atoms with E-state index in [4.69, 9.17) is 4.74 Å². The maximum atomic E-state index is 12.5. The summed E-state index contributed by atoms with van der Waals surface area (Å²) in [6.07, 6.45) is 5.01. The summed E-state index contributed by atoms with van der Waals surface area (Å²) in [4.78, 5) is 7.60. The van der Waals surface area contributed by atoms with Gasteiger partial charge in [0.05, 0.1) is 12.7 Å². The molecule has 0 atom stereocenters. The summed E-state index contributed by atoms with van der Waals surface area (Å²) in [5, 5.41) is 0. The van der Waals surface area contributed by atoms with Gasteiger partial charge >= 0.3 is 0 Å². The van der Waals surface area contributed by atoms with Crippen LogP contribution in [-0.2, 0) is 6.54 Å². The van der Waals surface area contributed by atoms with Crippen molar-refractivity contribution in [1.82, 2.24) is 14.5 Å². The fourth-order valence-corrected chi connectivity index (χ4v) is 1.35. The lowest BCUT2D eigenvalue weighted by atomic mass is 10.4. The summed E-state index contributed by atoms with van der Waals surface area (Å²) >= 11 is 0. The average Bonchev–Trinajstić information content (AvgIpc) is 2.68. The Balaban J connectivity index is 1.84. The molecule has 2 aromatic rings. The highest BCUT2D eigenvalue weighted by Crippen LogP contribution is 2.08. The second-order valence-corrected chi connectivity index (χ2v) is 3.33. The highest BCUT2D eigenvalue weighted by atomic mass is 19.1. The Hall–Kier alpha value is -1.91. The van der Waals surface area contributed by atoms with E-state index in [1.807, 2.05) is 17.7 Å². The predicted molar refractivity (Wildman–Crippen MR) is 56.7 cm³/mol. The Labute approximate surface area is 92.7 Å². The highest BCUT2D eigenvalue weighted by Gasteiger charge is 1.98. The van der Waals surface area contributed by atoms with E-state index in [0.717, 1.165) is 5.82 Å². The predicted octanol–water partition coefficient (Wildman–Crippen LogP) is 1.80. The molecule has 0 N–H and O–H groups in total. The Morgan fingerprint density at radius 2 is 2.25 bits per heavy atom. The van der Waals surface area contributed by atoms with E-state index < -0.39 is 5.95 Å². The lowest BCUT2D eigenvalue weighted by Crippen LogP contribution is -2.08. The number of aromatic nitrogens is 3. The molecule has 0 spiro atoms. The molecule has 0 saturated carbocycles. The monoisotopic (exact) mass is 221 g/mol. The molecule has 0 aliphatic carbocycles. The number of aryl methyl sites for hydroxylation is 1. The largest absolute Gasteiger partial charge is 0.490 e. The van der Waals surface area contributed by atoms with Gasteiger partial charge in [-0.05, 0) is 19.1 Å². The third-order valence-corrected chi connectivity index (χ3v) is 2.22. The normalized spacial score (nSPS) is 10.4. The second-order valence-electron chi connectivity index (χ2n) is 3.33. The van der Waals surface area contributed by atoms with Crippen LogP contribution in [0.25, 0.3) is 0 Å². The van der Waals surface area contributed by atoms with Gasteiger partial charge in [0.15, 0.2) is 0 Å². The third kappa shape index (κ3) is 2.56. The van der Waals surface area contributed by atoms with Crippen LogP contribution in [0.4, 0.5) is 4.39 Å². The maximum Gasteiger partial charge on any atom is 0.213 e. The van der Waals surface area contributed by atoms with Crippen molar-refractivity contribution in [2.45, 2.75) is 13.5 Å². The lowest BCUT2D eigenvalue weighted by molar-refractivity contribution is 0.295. The van der Waals surface area contributed by atoms with Crippen LogP contribution in [0.1, 0.15) is 5.82 Å². The van der Waals surface area contributed by atoms with Gasteiger partial charge in [0.2, 0.25) is 5.95 Å². The molecule has 4 nitrogen and oxygen atoms in total. The zero-order chi connectivity index (χ0) is 11.4. The molecular formula is C11H12FN3O. The van der Waals surface area contributed by atoms with Crippen molar-refractivity contribution in [3.05, 3.63) is 42.5 Å². The Morgan fingerprint density at radius 1 is 1.38 bits per heavy atom. The molecule has 2 heterocycles. The second kappa shape index (κ2) is 4.74. The highest BCUT2D eigenvalue weighted by molar-refractivity contribution is 5.15. The van der Waals surface area contributed by atoms with Gasteiger partial charge in [-0.2, -0.15) is 4.39 Å². The van der Waals surface area contributed by atoms with Gasteiger partial charge < -0.3 is 9.30 Å². The Bertz CT molecular complexity index is 453. The third-order valence-electron chi connectivity index (χ3n) is 2.22. The molecule has 16 heavy (non-hydrogen) atoms. The van der Waals surface area contributed by atoms with Crippen molar-refractivity contribution >= 4 is 0 Å². The van der Waals surface area contributed by atoms with Crippen LogP contribution in [0.5, 0.6) is 5.75 Å². The summed E-state index contributed by atoms with van der Waals surface area (Å²) < 4.78 is 19.9. The van der Waals surface area contributed by atoms with E-state index in [1.165, 1.54) is 12.3 Å². The van der Waals surface area contributed by atoms with Crippen molar-refractivity contribution in [3.8, 4) is 5.75 Å². The van der Waals surface area contributed by atoms with Crippen LogP contribution in [0.15, 0.2) is 30.7 Å². The van der Waals surface area contributed by atoms with Gasteiger partial charge in [-0.15, -0.1) is 0 Å². The fraction of sp³-hybridized carbons (Fsp3) is 0.273. The number of rotatable bonds is 4. The van der Waals surface area contributed by atoms with Gasteiger partial charge in [-0.25, -0.2) is 9.97 Å². The van der Waals surface area contributed by atoms with Crippen LogP contribution in [0.2, 0.25) is 0 Å². The molecule has 84 valence electrons. The first-order valence-electron chi connectivity index (χ1n) is 4.98. The smallest absolute Gasteiger partial charge is 0.213 e. The molecule has 2 rings (SSSR count). The molecule has 0 amide bonds. The summed E-state index contributed by atoms with van der Waals surface area (Å²) in [5.41, 5.74) is 0. The topological polar surface area (TPSA) is 39.9 Å². The number of hydrogen-bond donors (Lipinski definition) is 0. The summed E-state index contributed by atoms with van der Waals surface area (Å²) in [7, 11) is 0. The van der Waals surface area contributed by atoms with Gasteiger partial charge in [0.1, 0.15) is 18.2 Å². The number of hydrogen-bond acceptors (Lipinski definition) is 3. The quantitative estimate of drug-likeness (QED) is 0.739. The van der Waals surface area contributed by atoms with E-state index in [9.17, 15) is 4.39 Å². The molecule has 0 saturated heterocycles. The zero-order valence-corrected chi connectivity index (χ0v) is 8.93. The summed E-state index contributed by atoms with van der Waals surface area (Å²) in [6.45, 7) is 3.15. The molecule has 0 fully saturated rings. The van der Waals surface area contributed by atoms with Gasteiger partial charge in [0.25, 0.3) is 0 Å². The number of ether oxygens (including phenoxy) is 1. The summed E-state index contributed by atoms with van der Waals surface area (Å²) in [6, 6.07) is 2.83.